The van der Waals surface area contributed by atoms with Crippen molar-refractivity contribution in [1.29, 1.82) is 0 Å². The summed E-state index contributed by atoms with van der Waals surface area (Å²) < 4.78 is 1.41. The maximum Gasteiger partial charge on any atom is 0.251 e. The lowest BCUT2D eigenvalue weighted by molar-refractivity contribution is 0.0945. The summed E-state index contributed by atoms with van der Waals surface area (Å²) in [5.41, 5.74) is 1.23. The van der Waals surface area contributed by atoms with Crippen LogP contribution in [0.2, 0.25) is 4.47 Å². The monoisotopic (exact) mass is 256 g/mol. The van der Waals surface area contributed by atoms with Crippen LogP contribution in [-0.4, -0.2) is 29.1 Å². The number of hydrogen-bond acceptors (Lipinski definition) is 4. The number of aliphatic hydroxyl groups excluding tert-OH is 1. The molecule has 0 saturated carbocycles. The molecule has 0 saturated heterocycles. The van der Waals surface area contributed by atoms with Gasteiger partial charge >= 0.3 is 0 Å². The third-order valence-corrected chi connectivity index (χ3v) is 3.16. The number of aromatic nitrogens is 1. The molecule has 1 heterocycles. The topological polar surface area (TPSA) is 62.2 Å². The van der Waals surface area contributed by atoms with Crippen LogP contribution in [0.5, 0.6) is 0 Å². The molecule has 1 amide bonds. The lowest BCUT2D eigenvalue weighted by Gasteiger charge is -2.02. The number of fused-ring (bicyclic) bond motifs is 1. The average molecular weight is 257 g/mol. The van der Waals surface area contributed by atoms with Crippen LogP contribution >= 0.6 is 22.9 Å². The Kier molecular flexibility index (Phi) is 3.38. The predicted molar refractivity (Wildman–Crippen MR) is 64.0 cm³/mol. The molecule has 2 N–H and O–H groups in total. The second-order valence-electron chi connectivity index (χ2n) is 3.13. The lowest BCUT2D eigenvalue weighted by atomic mass is 10.2. The summed E-state index contributed by atoms with van der Waals surface area (Å²) >= 11 is 7.15. The second kappa shape index (κ2) is 4.78. The molecule has 2 rings (SSSR count). The fourth-order valence-electron chi connectivity index (χ4n) is 1.31. The van der Waals surface area contributed by atoms with Gasteiger partial charge in [0.25, 0.3) is 5.91 Å². The second-order valence-corrected chi connectivity index (χ2v) is 4.74. The molecule has 2 aromatic rings. The Morgan fingerprint density at radius 2 is 2.38 bits per heavy atom. The first-order valence-corrected chi connectivity index (χ1v) is 5.85. The van der Waals surface area contributed by atoms with Crippen molar-refractivity contribution < 1.29 is 9.90 Å². The minimum atomic E-state index is -0.222. The van der Waals surface area contributed by atoms with E-state index in [9.17, 15) is 4.79 Å². The van der Waals surface area contributed by atoms with Crippen LogP contribution in [0.25, 0.3) is 10.2 Å². The fraction of sp³-hybridized carbons (Fsp3) is 0.200. The van der Waals surface area contributed by atoms with Gasteiger partial charge in [0.1, 0.15) is 0 Å². The number of amides is 1. The summed E-state index contributed by atoms with van der Waals surface area (Å²) in [6.45, 7) is 0.172. The van der Waals surface area contributed by atoms with Gasteiger partial charge in [-0.2, -0.15) is 0 Å². The van der Waals surface area contributed by atoms with Crippen LogP contribution in [0.15, 0.2) is 18.2 Å². The van der Waals surface area contributed by atoms with Crippen LogP contribution < -0.4 is 5.32 Å². The Morgan fingerprint density at radius 3 is 3.12 bits per heavy atom. The summed E-state index contributed by atoms with van der Waals surface area (Å²) in [6, 6.07) is 5.21. The molecule has 1 aromatic heterocycles. The molecule has 1 aromatic carbocycles. The predicted octanol–water partition coefficient (Wildman–Crippen LogP) is 1.67. The number of rotatable bonds is 3. The minimum Gasteiger partial charge on any atom is -0.395 e. The van der Waals surface area contributed by atoms with E-state index in [0.29, 0.717) is 15.5 Å². The quantitative estimate of drug-likeness (QED) is 0.878. The molecule has 0 radical (unpaired) electrons. The number of halogens is 1. The van der Waals surface area contributed by atoms with Crippen molar-refractivity contribution in [2.45, 2.75) is 0 Å². The third-order valence-electron chi connectivity index (χ3n) is 2.02. The molecule has 0 fully saturated rings. The highest BCUT2D eigenvalue weighted by Crippen LogP contribution is 2.26. The molecule has 0 atom stereocenters. The normalized spacial score (nSPS) is 10.6. The van der Waals surface area contributed by atoms with E-state index in [2.05, 4.69) is 10.3 Å². The first kappa shape index (κ1) is 11.3. The van der Waals surface area contributed by atoms with Gasteiger partial charge in [-0.25, -0.2) is 4.98 Å². The highest BCUT2D eigenvalue weighted by Gasteiger charge is 2.08. The minimum absolute atomic E-state index is 0.0729. The lowest BCUT2D eigenvalue weighted by Crippen LogP contribution is -2.26. The third kappa shape index (κ3) is 2.32. The Labute approximate surface area is 101 Å². The van der Waals surface area contributed by atoms with Gasteiger partial charge in [-0.15, -0.1) is 11.3 Å². The molecular formula is C10H9ClN2O2S. The number of carbonyl (C=O) groups excluding carboxylic acids is 1. The standard InChI is InChI=1S/C10H9ClN2O2S/c11-10-13-7-5-6(1-2-8(7)16-10)9(15)12-3-4-14/h1-2,5,14H,3-4H2,(H,12,15). The van der Waals surface area contributed by atoms with Crippen molar-refractivity contribution in [2.24, 2.45) is 0 Å². The van der Waals surface area contributed by atoms with E-state index in [-0.39, 0.29) is 19.1 Å². The molecule has 16 heavy (non-hydrogen) atoms. The maximum atomic E-state index is 11.6. The number of carbonyl (C=O) groups is 1. The van der Waals surface area contributed by atoms with Gasteiger partial charge in [0.2, 0.25) is 0 Å². The van der Waals surface area contributed by atoms with E-state index in [1.165, 1.54) is 11.3 Å². The van der Waals surface area contributed by atoms with Crippen molar-refractivity contribution in [3.63, 3.8) is 0 Å². The van der Waals surface area contributed by atoms with Gasteiger partial charge in [-0.1, -0.05) is 11.6 Å². The van der Waals surface area contributed by atoms with Gasteiger partial charge in [-0.05, 0) is 18.2 Å². The number of nitrogens with zero attached hydrogens (tertiary/aromatic N) is 1. The summed E-state index contributed by atoms with van der Waals surface area (Å²) in [5, 5.41) is 11.2. The Hall–Kier alpha value is -1.17. The van der Waals surface area contributed by atoms with E-state index in [4.69, 9.17) is 16.7 Å². The van der Waals surface area contributed by atoms with Crippen LogP contribution in [0.1, 0.15) is 10.4 Å². The first-order valence-electron chi connectivity index (χ1n) is 4.66. The SMILES string of the molecule is O=C(NCCO)c1ccc2sc(Cl)nc2c1. The summed E-state index contributed by atoms with van der Waals surface area (Å²) in [5.74, 6) is -0.222. The fourth-order valence-corrected chi connectivity index (χ4v) is 2.32. The molecule has 0 aliphatic rings. The average Bonchev–Trinajstić information content (AvgIpc) is 2.64. The Morgan fingerprint density at radius 1 is 1.56 bits per heavy atom. The van der Waals surface area contributed by atoms with Crippen LogP contribution in [0, 0.1) is 0 Å². The van der Waals surface area contributed by atoms with Gasteiger partial charge in [-0.3, -0.25) is 4.79 Å². The summed E-state index contributed by atoms with van der Waals surface area (Å²) in [7, 11) is 0. The van der Waals surface area contributed by atoms with E-state index in [1.54, 1.807) is 12.1 Å². The van der Waals surface area contributed by atoms with Crippen molar-refractivity contribution in [1.82, 2.24) is 10.3 Å². The highest BCUT2D eigenvalue weighted by molar-refractivity contribution is 7.22. The molecule has 4 nitrogen and oxygen atoms in total. The molecule has 84 valence electrons. The molecule has 0 bridgehead atoms. The summed E-state index contributed by atoms with van der Waals surface area (Å²) in [6.07, 6.45) is 0. The molecule has 0 unspecified atom stereocenters. The number of aliphatic hydroxyl groups is 1. The van der Waals surface area contributed by atoms with Crippen LogP contribution in [0.4, 0.5) is 0 Å². The van der Waals surface area contributed by atoms with E-state index in [0.717, 1.165) is 4.70 Å². The zero-order valence-corrected chi connectivity index (χ0v) is 9.81. The van der Waals surface area contributed by atoms with Crippen molar-refractivity contribution in [3.05, 3.63) is 28.2 Å². The first-order chi connectivity index (χ1) is 7.70. The van der Waals surface area contributed by atoms with E-state index >= 15 is 0 Å². The smallest absolute Gasteiger partial charge is 0.251 e. The molecule has 6 heteroatoms. The van der Waals surface area contributed by atoms with E-state index < -0.39 is 0 Å². The highest BCUT2D eigenvalue weighted by atomic mass is 35.5. The van der Waals surface area contributed by atoms with Crippen LogP contribution in [-0.2, 0) is 0 Å². The van der Waals surface area contributed by atoms with Gasteiger partial charge in [0, 0.05) is 12.1 Å². The Bertz CT molecular complexity index is 527. The zero-order chi connectivity index (χ0) is 11.5. The maximum absolute atomic E-state index is 11.6. The van der Waals surface area contributed by atoms with Gasteiger partial charge in [0.15, 0.2) is 4.47 Å². The Balaban J connectivity index is 2.28. The number of thiazole rings is 1. The largest absolute Gasteiger partial charge is 0.395 e. The van der Waals surface area contributed by atoms with E-state index in [1.807, 2.05) is 6.07 Å². The van der Waals surface area contributed by atoms with Gasteiger partial charge in [0.05, 0.1) is 16.8 Å². The molecule has 0 aliphatic carbocycles. The zero-order valence-electron chi connectivity index (χ0n) is 8.24. The van der Waals surface area contributed by atoms with Crippen LogP contribution in [0.3, 0.4) is 0 Å². The molecular weight excluding hydrogens is 248 g/mol. The molecule has 0 aliphatic heterocycles. The van der Waals surface area contributed by atoms with Crippen molar-refractivity contribution in [3.8, 4) is 0 Å². The van der Waals surface area contributed by atoms with Crippen molar-refractivity contribution >= 4 is 39.1 Å². The van der Waals surface area contributed by atoms with Gasteiger partial charge < -0.3 is 10.4 Å². The van der Waals surface area contributed by atoms with Crippen molar-refractivity contribution in [2.75, 3.05) is 13.2 Å². The number of nitrogens with one attached hydrogen (secondary N) is 1. The number of hydrogen-bond donors (Lipinski definition) is 2. The summed E-state index contributed by atoms with van der Waals surface area (Å²) in [4.78, 5) is 15.7. The number of benzene rings is 1. The molecule has 0 spiro atoms.